The number of carbonyl (C=O) groups excluding carboxylic acids is 2. The molecule has 1 aliphatic heterocycles. The summed E-state index contributed by atoms with van der Waals surface area (Å²) < 4.78 is 7.63. The van der Waals surface area contributed by atoms with Crippen LogP contribution < -0.4 is 10.1 Å². The van der Waals surface area contributed by atoms with E-state index in [1.165, 1.54) is 11.3 Å². The van der Waals surface area contributed by atoms with Crippen molar-refractivity contribution in [3.05, 3.63) is 58.9 Å². The maximum absolute atomic E-state index is 12.9. The summed E-state index contributed by atoms with van der Waals surface area (Å²) in [6.45, 7) is 0.759. The maximum Gasteiger partial charge on any atom is 0.259 e. The third kappa shape index (κ3) is 5.34. The highest BCUT2D eigenvalue weighted by molar-refractivity contribution is 6.33. The van der Waals surface area contributed by atoms with Gasteiger partial charge in [-0.25, -0.2) is 0 Å². The Balaban J connectivity index is 1.51. The predicted octanol–water partition coefficient (Wildman–Crippen LogP) is 4.04. The topological polar surface area (TPSA) is 89.3 Å². The van der Waals surface area contributed by atoms with E-state index in [9.17, 15) is 9.59 Å². The molecule has 2 aromatic carbocycles. The number of halogens is 1. The van der Waals surface area contributed by atoms with Crippen LogP contribution in [-0.2, 0) is 17.8 Å². The van der Waals surface area contributed by atoms with Gasteiger partial charge in [0.2, 0.25) is 0 Å². The van der Waals surface area contributed by atoms with Gasteiger partial charge in [-0.15, -0.1) is 10.2 Å². The Kier molecular flexibility index (Phi) is 6.93. The molecule has 0 spiro atoms. The molecule has 1 N–H and O–H groups in total. The predicted molar refractivity (Wildman–Crippen MR) is 127 cm³/mol. The largest absolute Gasteiger partial charge is 0.484 e. The van der Waals surface area contributed by atoms with Crippen LogP contribution in [0.3, 0.4) is 0 Å². The lowest BCUT2D eigenvalue weighted by Gasteiger charge is -2.13. The van der Waals surface area contributed by atoms with Gasteiger partial charge in [-0.2, -0.15) is 0 Å². The molecule has 8 nitrogen and oxygen atoms in total. The van der Waals surface area contributed by atoms with Crippen LogP contribution in [-0.4, -0.2) is 52.2 Å². The molecule has 0 atom stereocenters. The summed E-state index contributed by atoms with van der Waals surface area (Å²) in [5.74, 6) is 1.67. The molecule has 0 bridgehead atoms. The van der Waals surface area contributed by atoms with Gasteiger partial charge in [-0.05, 0) is 49.2 Å². The van der Waals surface area contributed by atoms with Crippen molar-refractivity contribution in [2.45, 2.75) is 32.2 Å². The molecule has 9 heteroatoms. The fourth-order valence-corrected chi connectivity index (χ4v) is 3.87. The second kappa shape index (κ2) is 10.0. The molecule has 0 saturated carbocycles. The molecule has 4 rings (SSSR count). The van der Waals surface area contributed by atoms with E-state index in [4.69, 9.17) is 16.3 Å². The minimum atomic E-state index is -0.298. The van der Waals surface area contributed by atoms with E-state index in [1.807, 2.05) is 6.07 Å². The van der Waals surface area contributed by atoms with Gasteiger partial charge >= 0.3 is 0 Å². The Morgan fingerprint density at radius 3 is 2.79 bits per heavy atom. The molecule has 2 amide bonds. The number of hydrogen-bond acceptors (Lipinski definition) is 5. The highest BCUT2D eigenvalue weighted by Gasteiger charge is 2.19. The molecule has 2 heterocycles. The van der Waals surface area contributed by atoms with Crippen molar-refractivity contribution in [3.63, 3.8) is 0 Å². The molecule has 172 valence electrons. The highest BCUT2D eigenvalue weighted by atomic mass is 35.5. The first-order valence-corrected chi connectivity index (χ1v) is 11.3. The van der Waals surface area contributed by atoms with Crippen LogP contribution in [0.25, 0.3) is 11.4 Å². The summed E-state index contributed by atoms with van der Waals surface area (Å²) in [5.41, 5.74) is 1.74. The standard InChI is InChI=1S/C24H26ClN5O3/c1-29(2)22(31)15-33-18-8-6-7-16(13-18)24(32)26-17-10-11-20(25)19(14-17)23-28-27-21-9-4-3-5-12-30(21)23/h6-8,10-11,13-14H,3-5,9,12,15H2,1-2H3,(H,26,32). The fraction of sp³-hybridized carbons (Fsp3) is 0.333. The number of nitrogens with zero attached hydrogens (tertiary/aromatic N) is 4. The molecule has 33 heavy (non-hydrogen) atoms. The number of carbonyl (C=O) groups is 2. The molecule has 0 saturated heterocycles. The van der Waals surface area contributed by atoms with Crippen LogP contribution in [0.1, 0.15) is 35.4 Å². The Morgan fingerprint density at radius 2 is 1.97 bits per heavy atom. The van der Waals surface area contributed by atoms with Crippen molar-refractivity contribution in [1.82, 2.24) is 19.7 Å². The first-order chi connectivity index (χ1) is 15.9. The molecule has 1 aromatic heterocycles. The van der Waals surface area contributed by atoms with E-state index >= 15 is 0 Å². The smallest absolute Gasteiger partial charge is 0.259 e. The summed E-state index contributed by atoms with van der Waals surface area (Å²) >= 11 is 6.49. The molecule has 0 fully saturated rings. The third-order valence-electron chi connectivity index (χ3n) is 5.53. The van der Waals surface area contributed by atoms with E-state index in [2.05, 4.69) is 20.1 Å². The van der Waals surface area contributed by atoms with Gasteiger partial charge in [0.15, 0.2) is 12.4 Å². The summed E-state index contributed by atoms with van der Waals surface area (Å²) in [7, 11) is 3.32. The van der Waals surface area contributed by atoms with Crippen LogP contribution in [0.4, 0.5) is 5.69 Å². The zero-order chi connectivity index (χ0) is 23.4. The molecular weight excluding hydrogens is 442 g/mol. The van der Waals surface area contributed by atoms with Gasteiger partial charge in [-0.1, -0.05) is 24.1 Å². The number of aryl methyl sites for hydroxylation is 1. The van der Waals surface area contributed by atoms with Crippen LogP contribution in [0.2, 0.25) is 5.02 Å². The normalized spacial score (nSPS) is 13.1. The van der Waals surface area contributed by atoms with E-state index in [0.29, 0.717) is 27.8 Å². The number of hydrogen-bond donors (Lipinski definition) is 1. The lowest BCUT2D eigenvalue weighted by atomic mass is 10.1. The average molecular weight is 468 g/mol. The number of anilines is 1. The van der Waals surface area contributed by atoms with Gasteiger partial charge in [-0.3, -0.25) is 9.59 Å². The van der Waals surface area contributed by atoms with Gasteiger partial charge in [0.05, 0.1) is 5.02 Å². The lowest BCUT2D eigenvalue weighted by molar-refractivity contribution is -0.130. The summed E-state index contributed by atoms with van der Waals surface area (Å²) in [6.07, 6.45) is 4.25. The van der Waals surface area contributed by atoms with E-state index in [1.54, 1.807) is 50.5 Å². The van der Waals surface area contributed by atoms with Crippen molar-refractivity contribution in [2.24, 2.45) is 0 Å². The monoisotopic (exact) mass is 467 g/mol. The van der Waals surface area contributed by atoms with Gasteiger partial charge < -0.3 is 19.5 Å². The average Bonchev–Trinajstić information content (AvgIpc) is 3.06. The van der Waals surface area contributed by atoms with Crippen LogP contribution in [0.15, 0.2) is 42.5 Å². The minimum Gasteiger partial charge on any atom is -0.484 e. The van der Waals surface area contributed by atoms with Crippen molar-refractivity contribution < 1.29 is 14.3 Å². The van der Waals surface area contributed by atoms with Crippen molar-refractivity contribution >= 4 is 29.1 Å². The second-order valence-corrected chi connectivity index (χ2v) is 8.56. The van der Waals surface area contributed by atoms with E-state index in [-0.39, 0.29) is 18.4 Å². The van der Waals surface area contributed by atoms with Crippen LogP contribution in [0, 0.1) is 0 Å². The number of ether oxygens (including phenoxy) is 1. The second-order valence-electron chi connectivity index (χ2n) is 8.16. The number of fused-ring (bicyclic) bond motifs is 1. The van der Waals surface area contributed by atoms with Crippen LogP contribution >= 0.6 is 11.6 Å². The van der Waals surface area contributed by atoms with Crippen molar-refractivity contribution in [1.29, 1.82) is 0 Å². The summed E-state index contributed by atoms with van der Waals surface area (Å²) in [6, 6.07) is 12.0. The minimum absolute atomic E-state index is 0.0959. The molecule has 0 unspecified atom stereocenters. The number of benzene rings is 2. The first-order valence-electron chi connectivity index (χ1n) is 10.9. The van der Waals surface area contributed by atoms with Crippen molar-refractivity contribution in [2.75, 3.05) is 26.0 Å². The number of amides is 2. The quantitative estimate of drug-likeness (QED) is 0.590. The molecule has 3 aromatic rings. The molecule has 0 radical (unpaired) electrons. The maximum atomic E-state index is 12.9. The van der Waals surface area contributed by atoms with Gasteiger partial charge in [0.25, 0.3) is 11.8 Å². The molecular formula is C24H26ClN5O3. The Morgan fingerprint density at radius 1 is 1.12 bits per heavy atom. The SMILES string of the molecule is CN(C)C(=O)COc1cccc(C(=O)Nc2ccc(Cl)c(-c3nnc4n3CCCCC4)c2)c1. The number of rotatable bonds is 6. The number of likely N-dealkylation sites (N-methyl/N-ethyl adjacent to an activating group) is 1. The Labute approximate surface area is 197 Å². The summed E-state index contributed by atoms with van der Waals surface area (Å²) in [5, 5.41) is 12.2. The fourth-order valence-electron chi connectivity index (χ4n) is 3.66. The zero-order valence-electron chi connectivity index (χ0n) is 18.7. The van der Waals surface area contributed by atoms with Gasteiger partial charge in [0, 0.05) is 43.9 Å². The Bertz CT molecular complexity index is 1170. The summed E-state index contributed by atoms with van der Waals surface area (Å²) in [4.78, 5) is 26.1. The molecule has 0 aliphatic carbocycles. The first kappa shape index (κ1) is 22.8. The zero-order valence-corrected chi connectivity index (χ0v) is 19.4. The third-order valence-corrected chi connectivity index (χ3v) is 5.86. The van der Waals surface area contributed by atoms with Crippen molar-refractivity contribution in [3.8, 4) is 17.1 Å². The highest BCUT2D eigenvalue weighted by Crippen LogP contribution is 2.31. The lowest BCUT2D eigenvalue weighted by Crippen LogP contribution is -2.27. The van der Waals surface area contributed by atoms with Gasteiger partial charge in [0.1, 0.15) is 11.6 Å². The molecule has 1 aliphatic rings. The number of aromatic nitrogens is 3. The van der Waals surface area contributed by atoms with E-state index in [0.717, 1.165) is 37.2 Å². The Hall–Kier alpha value is -3.39. The van der Waals surface area contributed by atoms with E-state index < -0.39 is 0 Å². The number of nitrogens with one attached hydrogen (secondary N) is 1. The van der Waals surface area contributed by atoms with Crippen LogP contribution in [0.5, 0.6) is 5.75 Å².